The first-order valence-electron chi connectivity index (χ1n) is 19.9. The van der Waals surface area contributed by atoms with Crippen molar-refractivity contribution in [2.45, 2.75) is 44.7 Å². The Bertz CT molecular complexity index is 2710. The SMILES string of the molecule is CCCCc1nc(Cl)c(C(=O)N[C@@H](CO)C(=O)OCC)n1-c1ccc2oc(-c3cccc(Br)c3-c3nnn(C(c4ccccc4)(c4ccccc4)c4ccccc4)n3)cc2c1. The van der Waals surface area contributed by atoms with E-state index < -0.39 is 30.1 Å². The van der Waals surface area contributed by atoms with Gasteiger partial charge in [-0.05, 0) is 65.6 Å². The van der Waals surface area contributed by atoms with E-state index in [1.807, 2.05) is 97.1 Å². The second-order valence-corrected chi connectivity index (χ2v) is 15.5. The maximum Gasteiger partial charge on any atom is 0.331 e. The zero-order valence-corrected chi connectivity index (χ0v) is 35.7. The average molecular weight is 899 g/mol. The molecule has 1 amide bonds. The molecule has 1 atom stereocenters. The number of unbranched alkanes of at least 4 members (excludes halogenated alkanes) is 1. The Hall–Kier alpha value is -6.41. The topological polar surface area (TPSA) is 150 Å². The van der Waals surface area contributed by atoms with Crippen molar-refractivity contribution in [3.8, 4) is 28.4 Å². The first-order chi connectivity index (χ1) is 29.8. The molecule has 0 unspecified atom stereocenters. The number of hydrogen-bond donors (Lipinski definition) is 2. The first kappa shape index (κ1) is 41.3. The van der Waals surface area contributed by atoms with Crippen LogP contribution >= 0.6 is 27.5 Å². The number of hydrogen-bond acceptors (Lipinski definition) is 9. The number of aliphatic hydroxyl groups excluding tert-OH is 1. The summed E-state index contributed by atoms with van der Waals surface area (Å²) in [7, 11) is 0. The number of benzene rings is 5. The molecule has 0 aliphatic rings. The van der Waals surface area contributed by atoms with E-state index in [1.165, 1.54) is 0 Å². The quantitative estimate of drug-likeness (QED) is 0.0759. The van der Waals surface area contributed by atoms with Gasteiger partial charge in [0, 0.05) is 33.1 Å². The molecule has 0 aliphatic heterocycles. The van der Waals surface area contributed by atoms with Crippen molar-refractivity contribution in [1.29, 1.82) is 0 Å². The number of esters is 1. The molecule has 14 heteroatoms. The van der Waals surface area contributed by atoms with Crippen LogP contribution in [0, 0.1) is 0 Å². The van der Waals surface area contributed by atoms with E-state index in [1.54, 1.807) is 16.3 Å². The predicted octanol–water partition coefficient (Wildman–Crippen LogP) is 9.19. The lowest BCUT2D eigenvalue weighted by molar-refractivity contribution is -0.146. The molecule has 2 N–H and O–H groups in total. The molecule has 3 heterocycles. The molecule has 12 nitrogen and oxygen atoms in total. The van der Waals surface area contributed by atoms with Crippen LogP contribution in [0.2, 0.25) is 5.15 Å². The molecule has 0 spiro atoms. The molecule has 8 rings (SSSR count). The highest BCUT2D eigenvalue weighted by Crippen LogP contribution is 2.42. The monoisotopic (exact) mass is 897 g/mol. The molecule has 8 aromatic rings. The number of rotatable bonds is 15. The fourth-order valence-corrected chi connectivity index (χ4v) is 8.47. The van der Waals surface area contributed by atoms with Crippen molar-refractivity contribution in [2.24, 2.45) is 0 Å². The third kappa shape index (κ3) is 7.87. The van der Waals surface area contributed by atoms with Gasteiger partial charge in [0.15, 0.2) is 22.4 Å². The van der Waals surface area contributed by atoms with E-state index in [-0.39, 0.29) is 17.5 Å². The van der Waals surface area contributed by atoms with Crippen molar-refractivity contribution in [1.82, 2.24) is 35.1 Å². The van der Waals surface area contributed by atoms with Gasteiger partial charge in [0.1, 0.15) is 17.2 Å². The zero-order chi connectivity index (χ0) is 42.5. The molecule has 0 aliphatic carbocycles. The summed E-state index contributed by atoms with van der Waals surface area (Å²) in [6.45, 7) is 3.14. The van der Waals surface area contributed by atoms with Crippen LogP contribution in [-0.2, 0) is 21.5 Å². The van der Waals surface area contributed by atoms with E-state index >= 15 is 0 Å². The van der Waals surface area contributed by atoms with Crippen molar-refractivity contribution < 1.29 is 23.8 Å². The van der Waals surface area contributed by atoms with E-state index in [0.717, 1.165) is 45.0 Å². The van der Waals surface area contributed by atoms with Gasteiger partial charge in [-0.1, -0.05) is 144 Å². The molecule has 0 saturated heterocycles. The summed E-state index contributed by atoms with van der Waals surface area (Å²) in [6.07, 6.45) is 2.21. The third-order valence-electron chi connectivity index (χ3n) is 10.5. The van der Waals surface area contributed by atoms with Crippen molar-refractivity contribution in [3.63, 3.8) is 0 Å². The van der Waals surface area contributed by atoms with Gasteiger partial charge < -0.3 is 19.6 Å². The Morgan fingerprint density at radius 3 is 2.15 bits per heavy atom. The Labute approximate surface area is 365 Å². The molecule has 3 aromatic heterocycles. The summed E-state index contributed by atoms with van der Waals surface area (Å²) in [6, 6.07) is 42.4. The van der Waals surface area contributed by atoms with Gasteiger partial charge in [-0.15, -0.1) is 15.0 Å². The van der Waals surface area contributed by atoms with Crippen molar-refractivity contribution in [3.05, 3.63) is 171 Å². The Morgan fingerprint density at radius 2 is 1.54 bits per heavy atom. The molecule has 61 heavy (non-hydrogen) atoms. The molecular formula is C47H41BrClN7O5. The summed E-state index contributed by atoms with van der Waals surface area (Å²) in [4.78, 5) is 32.5. The molecule has 0 bridgehead atoms. The summed E-state index contributed by atoms with van der Waals surface area (Å²) < 4.78 is 14.0. The number of aromatic nitrogens is 6. The lowest BCUT2D eigenvalue weighted by Crippen LogP contribution is -2.45. The maximum atomic E-state index is 13.8. The van der Waals surface area contributed by atoms with Crippen LogP contribution in [0.5, 0.6) is 0 Å². The van der Waals surface area contributed by atoms with Crippen LogP contribution in [0.15, 0.2) is 142 Å². The highest BCUT2D eigenvalue weighted by molar-refractivity contribution is 9.10. The number of nitrogens with zero attached hydrogens (tertiary/aromatic N) is 6. The minimum absolute atomic E-state index is 0.0274. The number of carbonyl (C=O) groups is 2. The summed E-state index contributed by atoms with van der Waals surface area (Å²) in [5.74, 6) is 0.0530. The second kappa shape index (κ2) is 18.1. The van der Waals surface area contributed by atoms with E-state index in [2.05, 4.69) is 69.6 Å². The fourth-order valence-electron chi connectivity index (χ4n) is 7.66. The minimum atomic E-state index is -1.29. The number of aryl methyl sites for hydroxylation is 1. The lowest BCUT2D eigenvalue weighted by atomic mass is 9.77. The standard InChI is InChI=1S/C47H41BrClN7O5/c1-3-5-24-40-51-43(49)42(45(58)50-37(29-57)46(59)60-4-2)55(40)34-25-26-38-30(27-34)28-39(61-38)35-22-15-23-36(48)41(35)44-52-54-56(53-44)47(31-16-9-6-10-17-31,32-18-11-7-12-19-32)33-20-13-8-14-21-33/h6-23,25-28,37,57H,3-5,24,29H2,1-2H3,(H,50,58)/t37-/m0/s1. The van der Waals surface area contributed by atoms with Gasteiger partial charge >= 0.3 is 5.97 Å². The number of amides is 1. The fraction of sp³-hybridized carbons (Fsp3) is 0.191. The summed E-state index contributed by atoms with van der Waals surface area (Å²) >= 11 is 10.4. The number of halogens is 2. The average Bonchev–Trinajstić information content (AvgIpc) is 4.03. The third-order valence-corrected chi connectivity index (χ3v) is 11.4. The Morgan fingerprint density at radius 1 is 0.885 bits per heavy atom. The normalized spacial score (nSPS) is 12.1. The van der Waals surface area contributed by atoms with Crippen LogP contribution in [-0.4, -0.2) is 66.0 Å². The molecule has 308 valence electrons. The van der Waals surface area contributed by atoms with E-state index in [4.69, 9.17) is 36.2 Å². The van der Waals surface area contributed by atoms with Crippen LogP contribution in [0.1, 0.15) is 59.7 Å². The Balaban J connectivity index is 1.22. The van der Waals surface area contributed by atoms with Gasteiger partial charge in [0.05, 0.1) is 13.2 Å². The van der Waals surface area contributed by atoms with Crippen LogP contribution in [0.25, 0.3) is 39.4 Å². The lowest BCUT2D eigenvalue weighted by Gasteiger charge is -2.34. The number of furan rings is 1. The van der Waals surface area contributed by atoms with Gasteiger partial charge in [0.2, 0.25) is 5.82 Å². The predicted molar refractivity (Wildman–Crippen MR) is 236 cm³/mol. The summed E-state index contributed by atoms with van der Waals surface area (Å²) in [5, 5.41) is 27.8. The first-order valence-corrected chi connectivity index (χ1v) is 21.1. The number of ether oxygens (including phenoxy) is 1. The number of tetrazole rings is 1. The number of carbonyl (C=O) groups excluding carboxylic acids is 2. The number of aliphatic hydroxyl groups is 1. The largest absolute Gasteiger partial charge is 0.464 e. The van der Waals surface area contributed by atoms with E-state index in [0.29, 0.717) is 40.7 Å². The van der Waals surface area contributed by atoms with Crippen molar-refractivity contribution in [2.75, 3.05) is 13.2 Å². The van der Waals surface area contributed by atoms with Crippen LogP contribution < -0.4 is 5.32 Å². The van der Waals surface area contributed by atoms with Crippen molar-refractivity contribution >= 4 is 50.4 Å². The van der Waals surface area contributed by atoms with Gasteiger partial charge in [0.25, 0.3) is 5.91 Å². The second-order valence-electron chi connectivity index (χ2n) is 14.3. The molecule has 0 saturated carbocycles. The zero-order valence-electron chi connectivity index (χ0n) is 33.3. The Kier molecular flexibility index (Phi) is 12.2. The van der Waals surface area contributed by atoms with Crippen LogP contribution in [0.4, 0.5) is 0 Å². The molecular weight excluding hydrogens is 858 g/mol. The smallest absolute Gasteiger partial charge is 0.331 e. The molecule has 5 aromatic carbocycles. The van der Waals surface area contributed by atoms with Crippen LogP contribution in [0.3, 0.4) is 0 Å². The number of fused-ring (bicyclic) bond motifs is 1. The number of imidazole rings is 1. The summed E-state index contributed by atoms with van der Waals surface area (Å²) in [5.41, 5.74) is 4.53. The molecule has 0 radical (unpaired) electrons. The van der Waals surface area contributed by atoms with Gasteiger partial charge in [-0.2, -0.15) is 0 Å². The highest BCUT2D eigenvalue weighted by Gasteiger charge is 2.41. The molecule has 0 fully saturated rings. The van der Waals surface area contributed by atoms with Gasteiger partial charge in [-0.3, -0.25) is 9.36 Å². The number of nitrogens with one attached hydrogen (secondary N) is 1. The van der Waals surface area contributed by atoms with E-state index in [9.17, 15) is 14.7 Å². The maximum absolute atomic E-state index is 13.8. The highest BCUT2D eigenvalue weighted by atomic mass is 79.9. The van der Waals surface area contributed by atoms with Gasteiger partial charge in [-0.25, -0.2) is 9.78 Å². The minimum Gasteiger partial charge on any atom is -0.464 e.